The van der Waals surface area contributed by atoms with Gasteiger partial charge in [-0.3, -0.25) is 9.59 Å². The molecule has 4 N–H and O–H groups in total. The van der Waals surface area contributed by atoms with Gasteiger partial charge in [0.1, 0.15) is 17.9 Å². The van der Waals surface area contributed by atoms with Crippen molar-refractivity contribution in [2.45, 2.75) is 31.6 Å². The van der Waals surface area contributed by atoms with E-state index >= 15 is 0 Å². The van der Waals surface area contributed by atoms with Crippen LogP contribution in [0.3, 0.4) is 0 Å². The first kappa shape index (κ1) is 15.8. The average molecular weight is 318 g/mol. The van der Waals surface area contributed by atoms with Crippen molar-refractivity contribution < 1.29 is 29.0 Å². The first-order valence-corrected chi connectivity index (χ1v) is 7.29. The molecule has 0 spiro atoms. The number of carbonyl (C=O) groups excluding carboxylic acids is 1. The number of halogens is 1. The number of thioether (sulfide) groups is 1. The van der Waals surface area contributed by atoms with Crippen LogP contribution in [0.25, 0.3) is 0 Å². The lowest BCUT2D eigenvalue weighted by Gasteiger charge is -2.43. The second-order valence-corrected chi connectivity index (χ2v) is 6.13. The molecule has 2 aliphatic rings. The number of hydrogen-bond acceptors (Lipinski definition) is 5. The summed E-state index contributed by atoms with van der Waals surface area (Å²) >= 11 is 0.997. The van der Waals surface area contributed by atoms with E-state index in [1.54, 1.807) is 0 Å². The van der Waals surface area contributed by atoms with Crippen LogP contribution in [0.4, 0.5) is 4.39 Å². The normalized spacial score (nSPS) is 27.2. The highest BCUT2D eigenvalue weighted by atomic mass is 32.2. The fourth-order valence-corrected chi connectivity index (χ4v) is 3.73. The summed E-state index contributed by atoms with van der Waals surface area (Å²) in [5.41, 5.74) is 5.20. The van der Waals surface area contributed by atoms with Crippen LogP contribution in [0.1, 0.15) is 13.3 Å². The molecule has 1 amide bonds. The number of carboxylic acids is 2. The van der Waals surface area contributed by atoms with Crippen LogP contribution in [0, 0.1) is 5.92 Å². The van der Waals surface area contributed by atoms with Crippen LogP contribution < -0.4 is 5.73 Å². The van der Waals surface area contributed by atoms with Crippen LogP contribution in [-0.2, 0) is 14.4 Å². The van der Waals surface area contributed by atoms with Gasteiger partial charge in [-0.1, -0.05) is 0 Å². The number of alkyl halides is 1. The molecule has 0 unspecified atom stereocenters. The van der Waals surface area contributed by atoms with Gasteiger partial charge in [-0.05, 0) is 6.92 Å². The van der Waals surface area contributed by atoms with E-state index in [2.05, 4.69) is 0 Å². The van der Waals surface area contributed by atoms with Gasteiger partial charge in [-0.15, -0.1) is 11.8 Å². The van der Waals surface area contributed by atoms with Crippen molar-refractivity contribution in [1.82, 2.24) is 4.90 Å². The minimum Gasteiger partial charge on any atom is -0.480 e. The van der Waals surface area contributed by atoms with E-state index in [1.165, 1.54) is 6.92 Å². The summed E-state index contributed by atoms with van der Waals surface area (Å²) in [6.45, 7) is 1.27. The predicted molar refractivity (Wildman–Crippen MR) is 72.0 cm³/mol. The molecule has 2 heterocycles. The molecule has 21 heavy (non-hydrogen) atoms. The van der Waals surface area contributed by atoms with Gasteiger partial charge in [0.05, 0.1) is 12.0 Å². The molecule has 1 saturated heterocycles. The molecule has 116 valence electrons. The van der Waals surface area contributed by atoms with Crippen molar-refractivity contribution in [3.8, 4) is 0 Å². The Morgan fingerprint density at radius 2 is 2.14 bits per heavy atom. The van der Waals surface area contributed by atoms with Gasteiger partial charge < -0.3 is 20.8 Å². The third kappa shape index (κ3) is 2.62. The third-order valence-corrected chi connectivity index (χ3v) is 4.85. The minimum atomic E-state index is -1.35. The Bertz CT molecular complexity index is 536. The lowest BCUT2D eigenvalue weighted by Crippen LogP contribution is -2.61. The molecule has 2 rings (SSSR count). The molecular weight excluding hydrogens is 303 g/mol. The summed E-state index contributed by atoms with van der Waals surface area (Å²) in [4.78, 5) is 35.3. The Morgan fingerprint density at radius 3 is 2.62 bits per heavy atom. The van der Waals surface area contributed by atoms with Gasteiger partial charge in [0.15, 0.2) is 0 Å². The highest BCUT2D eigenvalue weighted by Crippen LogP contribution is 2.47. The smallest absolute Gasteiger partial charge is 0.353 e. The lowest BCUT2D eigenvalue weighted by atomic mass is 9.84. The van der Waals surface area contributed by atoms with E-state index < -0.39 is 42.0 Å². The van der Waals surface area contributed by atoms with E-state index in [4.69, 9.17) is 10.8 Å². The minimum absolute atomic E-state index is 0.00789. The fraction of sp³-hybridized carbons (Fsp3) is 0.583. The predicted octanol–water partition coefficient (Wildman–Crippen LogP) is 0.0164. The number of carboxylic acid groups (broad SMARTS) is 2. The summed E-state index contributed by atoms with van der Waals surface area (Å²) in [6.07, 6.45) is -1.12. The molecule has 0 saturated carbocycles. The second-order valence-electron chi connectivity index (χ2n) is 5.02. The molecule has 0 radical (unpaired) electrons. The standard InChI is InChI=1S/C12H15FN2O5S/c1-4(13)8-6-2-7(21-3-5(14)11(17)18)9(12(19)20)15(6)10(8)16/h4-6,8H,2-3,14H2,1H3,(H,17,18)(H,19,20)/t4-,5-,6-,8-/m1/s1. The van der Waals surface area contributed by atoms with Gasteiger partial charge in [-0.2, -0.15) is 0 Å². The maximum atomic E-state index is 13.4. The highest BCUT2D eigenvalue weighted by Gasteiger charge is 2.57. The van der Waals surface area contributed by atoms with Crippen molar-refractivity contribution in [2.75, 3.05) is 5.75 Å². The Kier molecular flexibility index (Phi) is 4.24. The second kappa shape index (κ2) is 5.64. The van der Waals surface area contributed by atoms with Crippen LogP contribution in [-0.4, -0.2) is 57.0 Å². The van der Waals surface area contributed by atoms with E-state index in [1.807, 2.05) is 0 Å². The first-order valence-electron chi connectivity index (χ1n) is 6.30. The van der Waals surface area contributed by atoms with E-state index in [0.717, 1.165) is 16.7 Å². The zero-order valence-corrected chi connectivity index (χ0v) is 12.0. The van der Waals surface area contributed by atoms with E-state index in [0.29, 0.717) is 4.91 Å². The van der Waals surface area contributed by atoms with Crippen LogP contribution in [0.2, 0.25) is 0 Å². The van der Waals surface area contributed by atoms with Gasteiger partial charge in [0, 0.05) is 17.1 Å². The van der Waals surface area contributed by atoms with Crippen molar-refractivity contribution in [3.05, 3.63) is 10.6 Å². The lowest BCUT2D eigenvalue weighted by molar-refractivity contribution is -0.158. The Morgan fingerprint density at radius 1 is 1.52 bits per heavy atom. The van der Waals surface area contributed by atoms with Gasteiger partial charge in [0.2, 0.25) is 5.91 Å². The molecule has 0 aliphatic carbocycles. The largest absolute Gasteiger partial charge is 0.480 e. The zero-order valence-electron chi connectivity index (χ0n) is 11.2. The maximum Gasteiger partial charge on any atom is 0.353 e. The van der Waals surface area contributed by atoms with Crippen molar-refractivity contribution >= 4 is 29.6 Å². The number of carbonyl (C=O) groups is 3. The highest BCUT2D eigenvalue weighted by molar-refractivity contribution is 8.03. The van der Waals surface area contributed by atoms with Crippen molar-refractivity contribution in [3.63, 3.8) is 0 Å². The monoisotopic (exact) mass is 318 g/mol. The van der Waals surface area contributed by atoms with Crippen LogP contribution in [0.15, 0.2) is 10.6 Å². The number of hydrogen-bond donors (Lipinski definition) is 3. The number of β-lactam (4-membered cyclic amide) rings is 1. The Balaban J connectivity index is 2.15. The number of aliphatic carboxylic acids is 2. The number of nitrogens with zero attached hydrogens (tertiary/aromatic N) is 1. The Hall–Kier alpha value is -1.61. The summed E-state index contributed by atoms with van der Waals surface area (Å²) < 4.78 is 13.4. The number of amides is 1. The summed E-state index contributed by atoms with van der Waals surface area (Å²) in [5.74, 6) is -3.84. The molecule has 9 heteroatoms. The topological polar surface area (TPSA) is 121 Å². The van der Waals surface area contributed by atoms with E-state index in [9.17, 15) is 23.9 Å². The molecule has 7 nitrogen and oxygen atoms in total. The molecule has 1 fully saturated rings. The number of fused-ring (bicyclic) bond motifs is 1. The summed E-state index contributed by atoms with van der Waals surface area (Å²) in [6, 6.07) is -1.62. The number of rotatable bonds is 6. The van der Waals surface area contributed by atoms with Crippen molar-refractivity contribution in [1.29, 1.82) is 0 Å². The maximum absolute atomic E-state index is 13.4. The molecule has 0 aromatic heterocycles. The van der Waals surface area contributed by atoms with Crippen LogP contribution >= 0.6 is 11.8 Å². The zero-order chi connectivity index (χ0) is 15.9. The van der Waals surface area contributed by atoms with E-state index in [-0.39, 0.29) is 17.9 Å². The molecule has 0 bridgehead atoms. The van der Waals surface area contributed by atoms with Gasteiger partial charge in [-0.25, -0.2) is 9.18 Å². The SMILES string of the molecule is C[C@@H](F)[C@H]1C(=O)N2C(C(=O)O)=C(SC[C@@H](N)C(=O)O)C[C@H]12. The molecule has 4 atom stereocenters. The fourth-order valence-electron chi connectivity index (χ4n) is 2.60. The summed E-state index contributed by atoms with van der Waals surface area (Å²) in [7, 11) is 0. The number of nitrogens with two attached hydrogens (primary N) is 1. The van der Waals surface area contributed by atoms with Gasteiger partial charge >= 0.3 is 11.9 Å². The Labute approximate surface area is 124 Å². The molecule has 2 aliphatic heterocycles. The summed E-state index contributed by atoms with van der Waals surface area (Å²) in [5, 5.41) is 17.9. The molecule has 0 aromatic carbocycles. The quantitative estimate of drug-likeness (QED) is 0.590. The van der Waals surface area contributed by atoms with Crippen LogP contribution in [0.5, 0.6) is 0 Å². The third-order valence-electron chi connectivity index (χ3n) is 3.62. The average Bonchev–Trinajstić information content (AvgIpc) is 2.69. The van der Waals surface area contributed by atoms with Gasteiger partial charge in [0.25, 0.3) is 0 Å². The first-order chi connectivity index (χ1) is 9.75. The molecule has 0 aromatic rings. The van der Waals surface area contributed by atoms with Crippen molar-refractivity contribution in [2.24, 2.45) is 11.7 Å². The molecular formula is C12H15FN2O5S.